The average Bonchev–Trinajstić information content (AvgIpc) is 2.86. The molecule has 0 saturated carbocycles. The van der Waals surface area contributed by atoms with E-state index in [9.17, 15) is 14.4 Å². The number of carbonyl (C=O) groups is 3. The minimum Gasteiger partial charge on any atom is -0.495 e. The first kappa shape index (κ1) is 22.8. The van der Waals surface area contributed by atoms with Gasteiger partial charge in [0.2, 0.25) is 0 Å². The Kier molecular flexibility index (Phi) is 6.44. The standard InChI is InChI=1S/C25H23N3O6/c1-32-20-11-7-5-9-18(20)26-23(29)15-27-19-10-6-4-8-17(19)24(30)28(25(27)31)16-12-13-21(33-2)22(14-16)34-3/h4-14,17H,15H2,1-3H3/p+1. The minimum atomic E-state index is -0.713. The Labute approximate surface area is 196 Å². The minimum absolute atomic E-state index is 0.294. The van der Waals surface area contributed by atoms with E-state index in [1.165, 1.54) is 25.9 Å². The second kappa shape index (κ2) is 9.62. The topological polar surface area (TPSA) is 97.2 Å². The van der Waals surface area contributed by atoms with Crippen LogP contribution in [-0.4, -0.2) is 56.0 Å². The molecule has 9 heteroatoms. The van der Waals surface area contributed by atoms with Crippen LogP contribution >= 0.6 is 0 Å². The largest absolute Gasteiger partial charge is 0.506 e. The second-order valence-corrected chi connectivity index (χ2v) is 7.48. The van der Waals surface area contributed by atoms with E-state index in [4.69, 9.17) is 14.2 Å². The highest BCUT2D eigenvalue weighted by Gasteiger charge is 2.48. The van der Waals surface area contributed by atoms with E-state index in [1.807, 2.05) is 0 Å². The maximum absolute atomic E-state index is 13.5. The fraction of sp³-hybridized carbons (Fsp3) is 0.200. The molecule has 1 heterocycles. The molecular formula is C25H24N3O6+. The van der Waals surface area contributed by atoms with Crippen molar-refractivity contribution in [2.75, 3.05) is 38.1 Å². The molecule has 0 spiro atoms. The third-order valence-corrected chi connectivity index (χ3v) is 5.53. The molecule has 4 amide bonds. The highest BCUT2D eigenvalue weighted by atomic mass is 16.5. The third-order valence-electron chi connectivity index (χ3n) is 5.53. The Hall–Kier alpha value is -4.40. The lowest BCUT2D eigenvalue weighted by Crippen LogP contribution is -2.56. The SMILES string of the molecule is COc1ccccc1NC(=O)C[N+]1=C2C=CC=CC2C(=O)N(c2ccc(OC)c(OC)c2)C1=O. The van der Waals surface area contributed by atoms with Crippen molar-refractivity contribution in [1.82, 2.24) is 0 Å². The van der Waals surface area contributed by atoms with Crippen LogP contribution < -0.4 is 24.4 Å². The van der Waals surface area contributed by atoms with Gasteiger partial charge in [0.05, 0.1) is 27.0 Å². The number of rotatable bonds is 7. The van der Waals surface area contributed by atoms with Crippen LogP contribution in [0.15, 0.2) is 66.8 Å². The lowest BCUT2D eigenvalue weighted by molar-refractivity contribution is -0.416. The van der Waals surface area contributed by atoms with Gasteiger partial charge in [-0.2, -0.15) is 9.37 Å². The number of hydrogen-bond acceptors (Lipinski definition) is 6. The number of ether oxygens (including phenoxy) is 3. The number of fused-ring (bicyclic) bond motifs is 1. The number of nitrogens with zero attached hydrogens (tertiary/aromatic N) is 2. The van der Waals surface area contributed by atoms with Gasteiger partial charge < -0.3 is 19.5 Å². The number of para-hydroxylation sites is 2. The molecule has 1 aliphatic heterocycles. The van der Waals surface area contributed by atoms with Crippen LogP contribution in [0.1, 0.15) is 0 Å². The van der Waals surface area contributed by atoms with Crippen molar-refractivity contribution in [2.45, 2.75) is 0 Å². The monoisotopic (exact) mass is 462 g/mol. The van der Waals surface area contributed by atoms with Crippen molar-refractivity contribution >= 4 is 34.9 Å². The van der Waals surface area contributed by atoms with Gasteiger partial charge in [-0.15, -0.1) is 4.90 Å². The van der Waals surface area contributed by atoms with Crippen molar-refractivity contribution in [2.24, 2.45) is 5.92 Å². The zero-order valence-electron chi connectivity index (χ0n) is 19.0. The Morgan fingerprint density at radius 1 is 0.971 bits per heavy atom. The van der Waals surface area contributed by atoms with E-state index < -0.39 is 23.8 Å². The number of hydrogen-bond donors (Lipinski definition) is 1. The zero-order chi connectivity index (χ0) is 24.2. The molecule has 1 atom stereocenters. The number of methoxy groups -OCH3 is 3. The quantitative estimate of drug-likeness (QED) is 0.636. The Bertz CT molecular complexity index is 1250. The molecule has 1 aliphatic carbocycles. The first-order chi connectivity index (χ1) is 16.5. The van der Waals surface area contributed by atoms with E-state index in [0.29, 0.717) is 34.3 Å². The predicted octanol–water partition coefficient (Wildman–Crippen LogP) is 3.01. The van der Waals surface area contributed by atoms with Gasteiger partial charge in [-0.3, -0.25) is 4.79 Å². The van der Waals surface area contributed by atoms with Gasteiger partial charge in [0.1, 0.15) is 23.1 Å². The molecule has 9 nitrogen and oxygen atoms in total. The highest BCUT2D eigenvalue weighted by molar-refractivity contribution is 6.26. The molecule has 1 N–H and O–H groups in total. The van der Waals surface area contributed by atoms with Crippen molar-refractivity contribution in [1.29, 1.82) is 0 Å². The maximum atomic E-state index is 13.5. The van der Waals surface area contributed by atoms with Gasteiger partial charge in [0.15, 0.2) is 18.0 Å². The van der Waals surface area contributed by atoms with E-state index in [2.05, 4.69) is 5.32 Å². The third kappa shape index (κ3) is 4.15. The summed E-state index contributed by atoms with van der Waals surface area (Å²) in [4.78, 5) is 40.8. The normalized spacial score (nSPS) is 16.9. The molecule has 2 aliphatic rings. The summed E-state index contributed by atoms with van der Waals surface area (Å²) in [5.41, 5.74) is 1.22. The van der Waals surface area contributed by atoms with Crippen molar-refractivity contribution < 1.29 is 33.2 Å². The fourth-order valence-electron chi connectivity index (χ4n) is 3.90. The van der Waals surface area contributed by atoms with Crippen molar-refractivity contribution in [3.8, 4) is 17.2 Å². The summed E-state index contributed by atoms with van der Waals surface area (Å²) in [6.07, 6.45) is 6.83. The number of benzene rings is 2. The van der Waals surface area contributed by atoms with Crippen molar-refractivity contribution in [3.63, 3.8) is 0 Å². The Morgan fingerprint density at radius 2 is 1.71 bits per heavy atom. The molecule has 0 radical (unpaired) electrons. The lowest BCUT2D eigenvalue weighted by Gasteiger charge is -2.26. The predicted molar refractivity (Wildman–Crippen MR) is 126 cm³/mol. The average molecular weight is 462 g/mol. The molecule has 0 bridgehead atoms. The van der Waals surface area contributed by atoms with Gasteiger partial charge in [-0.05, 0) is 30.3 Å². The van der Waals surface area contributed by atoms with E-state index >= 15 is 0 Å². The molecule has 2 aromatic carbocycles. The Morgan fingerprint density at radius 3 is 2.44 bits per heavy atom. The van der Waals surface area contributed by atoms with Crippen LogP contribution in [0.5, 0.6) is 17.2 Å². The van der Waals surface area contributed by atoms with Crippen LogP contribution in [0.25, 0.3) is 0 Å². The van der Waals surface area contributed by atoms with Crippen LogP contribution in [0.2, 0.25) is 0 Å². The number of imide groups is 1. The fourth-order valence-corrected chi connectivity index (χ4v) is 3.90. The summed E-state index contributed by atoms with van der Waals surface area (Å²) in [5, 5.41) is 2.77. The molecule has 34 heavy (non-hydrogen) atoms. The molecule has 0 saturated heterocycles. The van der Waals surface area contributed by atoms with E-state index in [-0.39, 0.29) is 6.54 Å². The second-order valence-electron chi connectivity index (χ2n) is 7.48. The molecule has 2 aromatic rings. The summed E-state index contributed by atoms with van der Waals surface area (Å²) < 4.78 is 17.2. The van der Waals surface area contributed by atoms with Gasteiger partial charge >= 0.3 is 11.9 Å². The summed E-state index contributed by atoms with van der Waals surface area (Å²) >= 11 is 0. The molecule has 0 fully saturated rings. The van der Waals surface area contributed by atoms with Gasteiger partial charge in [0.25, 0.3) is 5.91 Å². The summed E-state index contributed by atoms with van der Waals surface area (Å²) in [5.74, 6) is -0.245. The molecule has 174 valence electrons. The molecule has 1 unspecified atom stereocenters. The molecule has 0 aromatic heterocycles. The van der Waals surface area contributed by atoms with Crippen LogP contribution in [0.4, 0.5) is 16.2 Å². The summed E-state index contributed by atoms with van der Waals surface area (Å²) in [6.45, 7) is -0.294. The lowest BCUT2D eigenvalue weighted by atomic mass is 9.94. The molecule has 4 rings (SSSR count). The van der Waals surface area contributed by atoms with Gasteiger partial charge in [-0.25, -0.2) is 4.79 Å². The van der Waals surface area contributed by atoms with E-state index in [1.54, 1.807) is 66.8 Å². The summed E-state index contributed by atoms with van der Waals surface area (Å²) in [7, 11) is 4.47. The number of urea groups is 1. The highest BCUT2D eigenvalue weighted by Crippen LogP contribution is 2.34. The van der Waals surface area contributed by atoms with Crippen molar-refractivity contribution in [3.05, 3.63) is 66.8 Å². The van der Waals surface area contributed by atoms with Crippen LogP contribution in [0, 0.1) is 5.92 Å². The maximum Gasteiger partial charge on any atom is 0.506 e. The zero-order valence-corrected chi connectivity index (χ0v) is 19.0. The summed E-state index contributed by atoms with van der Waals surface area (Å²) in [6, 6.07) is 11.1. The Balaban J connectivity index is 1.69. The number of carbonyl (C=O) groups excluding carboxylic acids is 3. The number of allylic oxidation sites excluding steroid dienone is 3. The number of anilines is 2. The van der Waals surface area contributed by atoms with Crippen LogP contribution in [-0.2, 0) is 9.59 Å². The number of nitrogens with one attached hydrogen (secondary N) is 1. The smallest absolute Gasteiger partial charge is 0.495 e. The van der Waals surface area contributed by atoms with Gasteiger partial charge in [-0.1, -0.05) is 30.4 Å². The molecular weight excluding hydrogens is 438 g/mol. The van der Waals surface area contributed by atoms with Gasteiger partial charge in [0, 0.05) is 6.07 Å². The first-order valence-electron chi connectivity index (χ1n) is 10.5. The van der Waals surface area contributed by atoms with Crippen LogP contribution in [0.3, 0.4) is 0 Å². The number of amides is 4. The first-order valence-corrected chi connectivity index (χ1v) is 10.5. The van der Waals surface area contributed by atoms with E-state index in [0.717, 1.165) is 4.90 Å².